The van der Waals surface area contributed by atoms with E-state index < -0.39 is 5.60 Å². The maximum Gasteiger partial charge on any atom is 0.0690 e. The fourth-order valence-corrected chi connectivity index (χ4v) is 7.91. The SMILES string of the molecule is CC12CC3C=CC1C(O)C1C(CC14CCC(CO)C4)C(O)(C3)C2. The number of allylic oxidation sites excluding steroid dienone is 1. The summed E-state index contributed by atoms with van der Waals surface area (Å²) in [5.74, 6) is 1.60. The van der Waals surface area contributed by atoms with Crippen LogP contribution in [0.25, 0.3) is 0 Å². The average molecular weight is 318 g/mol. The van der Waals surface area contributed by atoms with Gasteiger partial charge in [-0.1, -0.05) is 19.1 Å². The molecule has 0 aliphatic heterocycles. The summed E-state index contributed by atoms with van der Waals surface area (Å²) in [6.07, 6.45) is 11.5. The predicted molar refractivity (Wildman–Crippen MR) is 87.5 cm³/mol. The molecule has 0 amide bonds. The predicted octanol–water partition coefficient (Wildman–Crippen LogP) is 2.50. The fraction of sp³-hybridized carbons (Fsp3) is 0.900. The van der Waals surface area contributed by atoms with Crippen LogP contribution in [0.3, 0.4) is 0 Å². The first-order valence-corrected chi connectivity index (χ1v) is 9.59. The van der Waals surface area contributed by atoms with Gasteiger partial charge in [-0.15, -0.1) is 0 Å². The van der Waals surface area contributed by atoms with Crippen LogP contribution in [0.1, 0.15) is 51.9 Å². The lowest BCUT2D eigenvalue weighted by Crippen LogP contribution is -2.60. The van der Waals surface area contributed by atoms with Gasteiger partial charge in [0.15, 0.2) is 0 Å². The Morgan fingerprint density at radius 1 is 1.13 bits per heavy atom. The van der Waals surface area contributed by atoms with Crippen LogP contribution in [0.15, 0.2) is 12.2 Å². The first-order chi connectivity index (χ1) is 10.9. The Kier molecular flexibility index (Phi) is 2.87. The van der Waals surface area contributed by atoms with Gasteiger partial charge in [-0.2, -0.15) is 0 Å². The molecular formula is C20H30O3. The van der Waals surface area contributed by atoms with Crippen LogP contribution in [0, 0.1) is 40.4 Å². The normalized spacial score (nSPS) is 63.0. The molecule has 9 unspecified atom stereocenters. The standard InChI is InChI=1S/C20H30O3/c1-18-6-12-2-3-14(18)17(22)16-15(20(23,8-12)11-18)9-19(16)5-4-13(7-19)10-21/h2-3,12-17,21-23H,4-11H2,1H3. The zero-order valence-electron chi connectivity index (χ0n) is 14.1. The van der Waals surface area contributed by atoms with Crippen LogP contribution < -0.4 is 0 Å². The average Bonchev–Trinajstić information content (AvgIpc) is 2.88. The van der Waals surface area contributed by atoms with Crippen molar-refractivity contribution >= 4 is 0 Å². The minimum absolute atomic E-state index is 0.0549. The Balaban J connectivity index is 1.56. The van der Waals surface area contributed by atoms with E-state index in [1.54, 1.807) is 0 Å². The van der Waals surface area contributed by atoms with Gasteiger partial charge >= 0.3 is 0 Å². The van der Waals surface area contributed by atoms with Gasteiger partial charge in [0.2, 0.25) is 0 Å². The molecule has 1 spiro atoms. The summed E-state index contributed by atoms with van der Waals surface area (Å²) in [5.41, 5.74) is -0.336. The van der Waals surface area contributed by atoms with E-state index in [-0.39, 0.29) is 41.3 Å². The monoisotopic (exact) mass is 318 g/mol. The van der Waals surface area contributed by atoms with Crippen LogP contribution in [0.5, 0.6) is 0 Å². The van der Waals surface area contributed by atoms with Crippen molar-refractivity contribution in [2.45, 2.75) is 63.6 Å². The summed E-state index contributed by atoms with van der Waals surface area (Å²) in [7, 11) is 0. The molecule has 9 atom stereocenters. The molecule has 5 aliphatic rings. The number of rotatable bonds is 1. The van der Waals surface area contributed by atoms with Gasteiger partial charge in [0, 0.05) is 12.5 Å². The van der Waals surface area contributed by atoms with E-state index in [0.717, 1.165) is 44.9 Å². The number of fused-ring (bicyclic) bond motifs is 5. The number of hydrogen-bond donors (Lipinski definition) is 3. The molecule has 3 nitrogen and oxygen atoms in total. The van der Waals surface area contributed by atoms with Crippen molar-refractivity contribution in [2.75, 3.05) is 6.61 Å². The van der Waals surface area contributed by atoms with Crippen molar-refractivity contribution in [3.05, 3.63) is 12.2 Å². The second-order valence-corrected chi connectivity index (χ2v) is 9.99. The van der Waals surface area contributed by atoms with Crippen LogP contribution in [-0.2, 0) is 0 Å². The van der Waals surface area contributed by atoms with E-state index in [4.69, 9.17) is 0 Å². The van der Waals surface area contributed by atoms with E-state index in [1.165, 1.54) is 0 Å². The van der Waals surface area contributed by atoms with Crippen molar-refractivity contribution in [3.8, 4) is 0 Å². The van der Waals surface area contributed by atoms with E-state index in [2.05, 4.69) is 19.1 Å². The van der Waals surface area contributed by atoms with Gasteiger partial charge in [-0.25, -0.2) is 0 Å². The Morgan fingerprint density at radius 2 is 1.96 bits per heavy atom. The number of aliphatic hydroxyl groups excluding tert-OH is 2. The summed E-state index contributed by atoms with van der Waals surface area (Å²) in [5, 5.41) is 32.5. The van der Waals surface area contributed by atoms with Crippen molar-refractivity contribution in [1.82, 2.24) is 0 Å². The van der Waals surface area contributed by atoms with E-state index in [0.29, 0.717) is 11.8 Å². The molecule has 0 heterocycles. The molecule has 4 fully saturated rings. The molecule has 3 heteroatoms. The molecule has 128 valence electrons. The maximum absolute atomic E-state index is 11.5. The molecular weight excluding hydrogens is 288 g/mol. The van der Waals surface area contributed by atoms with Crippen molar-refractivity contribution in [3.63, 3.8) is 0 Å². The second-order valence-electron chi connectivity index (χ2n) is 9.99. The van der Waals surface area contributed by atoms with Gasteiger partial charge in [0.1, 0.15) is 0 Å². The minimum atomic E-state index is -0.578. The molecule has 0 aromatic heterocycles. The highest BCUT2D eigenvalue weighted by atomic mass is 16.3. The topological polar surface area (TPSA) is 60.7 Å². The Labute approximate surface area is 138 Å². The lowest BCUT2D eigenvalue weighted by Gasteiger charge is -2.60. The van der Waals surface area contributed by atoms with Gasteiger partial charge < -0.3 is 15.3 Å². The third kappa shape index (κ3) is 1.77. The highest BCUT2D eigenvalue weighted by molar-refractivity contribution is 5.24. The van der Waals surface area contributed by atoms with Crippen molar-refractivity contribution in [2.24, 2.45) is 40.4 Å². The minimum Gasteiger partial charge on any atom is -0.396 e. The largest absolute Gasteiger partial charge is 0.396 e. The van der Waals surface area contributed by atoms with E-state index >= 15 is 0 Å². The molecule has 5 rings (SSSR count). The molecule has 0 aromatic rings. The van der Waals surface area contributed by atoms with Crippen LogP contribution in [0.4, 0.5) is 0 Å². The summed E-state index contributed by atoms with van der Waals surface area (Å²) >= 11 is 0. The quantitative estimate of drug-likeness (QED) is 0.651. The lowest BCUT2D eigenvalue weighted by atomic mass is 9.46. The van der Waals surface area contributed by atoms with Crippen molar-refractivity contribution in [1.29, 1.82) is 0 Å². The lowest BCUT2D eigenvalue weighted by molar-refractivity contribution is -0.195. The summed E-state index contributed by atoms with van der Waals surface area (Å²) < 4.78 is 0. The van der Waals surface area contributed by atoms with E-state index in [9.17, 15) is 15.3 Å². The summed E-state index contributed by atoms with van der Waals surface area (Å²) in [6, 6.07) is 0. The highest BCUT2D eigenvalue weighted by Gasteiger charge is 2.70. The zero-order chi connectivity index (χ0) is 16.0. The number of aliphatic hydroxyl groups is 3. The highest BCUT2D eigenvalue weighted by Crippen LogP contribution is 2.72. The van der Waals surface area contributed by atoms with Crippen molar-refractivity contribution < 1.29 is 15.3 Å². The second kappa shape index (κ2) is 4.42. The molecule has 5 aliphatic carbocycles. The van der Waals surface area contributed by atoms with Gasteiger partial charge in [0.25, 0.3) is 0 Å². The first-order valence-electron chi connectivity index (χ1n) is 9.59. The molecule has 3 N–H and O–H groups in total. The maximum atomic E-state index is 11.5. The molecule has 4 saturated carbocycles. The van der Waals surface area contributed by atoms with Gasteiger partial charge in [0.05, 0.1) is 11.7 Å². The zero-order valence-corrected chi connectivity index (χ0v) is 14.1. The Hall–Kier alpha value is -0.380. The molecule has 23 heavy (non-hydrogen) atoms. The van der Waals surface area contributed by atoms with Gasteiger partial charge in [-0.05, 0) is 79.4 Å². The summed E-state index contributed by atoms with van der Waals surface area (Å²) in [4.78, 5) is 0. The molecule has 0 radical (unpaired) electrons. The molecule has 3 bridgehead atoms. The molecule has 0 saturated heterocycles. The third-order valence-corrected chi connectivity index (χ3v) is 8.65. The van der Waals surface area contributed by atoms with Crippen LogP contribution in [-0.4, -0.2) is 33.6 Å². The van der Waals surface area contributed by atoms with Gasteiger partial charge in [-0.3, -0.25) is 0 Å². The number of hydrogen-bond acceptors (Lipinski definition) is 3. The smallest absolute Gasteiger partial charge is 0.0690 e. The van der Waals surface area contributed by atoms with E-state index in [1.807, 2.05) is 0 Å². The first kappa shape index (κ1) is 14.9. The Bertz CT molecular complexity index is 559. The van der Waals surface area contributed by atoms with Crippen LogP contribution in [0.2, 0.25) is 0 Å². The Morgan fingerprint density at radius 3 is 2.70 bits per heavy atom. The summed E-state index contributed by atoms with van der Waals surface area (Å²) in [6.45, 7) is 2.58. The molecule has 0 aromatic carbocycles. The van der Waals surface area contributed by atoms with Crippen LogP contribution >= 0.6 is 0 Å². The third-order valence-electron chi connectivity index (χ3n) is 8.65. The fourth-order valence-electron chi connectivity index (χ4n) is 7.91.